The Bertz CT molecular complexity index is 815. The van der Waals surface area contributed by atoms with Crippen LogP contribution < -0.4 is 0 Å². The number of rotatable bonds is 3. The first-order valence-electron chi connectivity index (χ1n) is 6.87. The van der Waals surface area contributed by atoms with E-state index in [9.17, 15) is 4.39 Å². The molecule has 0 unspecified atom stereocenters. The SMILES string of the molecule is Fc1ccccc1-c1cn(CCC#Cc2ccncc2)nn1. The number of nitrogens with zero attached hydrogens (tertiary/aromatic N) is 4. The monoisotopic (exact) mass is 292 g/mol. The largest absolute Gasteiger partial charge is 0.265 e. The van der Waals surface area contributed by atoms with Crippen LogP contribution in [0, 0.1) is 17.7 Å². The van der Waals surface area contributed by atoms with Gasteiger partial charge in [-0.05, 0) is 24.3 Å². The first-order chi connectivity index (χ1) is 10.8. The molecule has 0 saturated carbocycles. The molecule has 0 aliphatic carbocycles. The van der Waals surface area contributed by atoms with Gasteiger partial charge in [0.2, 0.25) is 0 Å². The van der Waals surface area contributed by atoms with Crippen molar-refractivity contribution in [1.82, 2.24) is 20.0 Å². The van der Waals surface area contributed by atoms with Gasteiger partial charge in [-0.15, -0.1) is 5.10 Å². The minimum absolute atomic E-state index is 0.299. The van der Waals surface area contributed by atoms with Crippen LogP contribution in [0.4, 0.5) is 4.39 Å². The Balaban J connectivity index is 1.64. The molecule has 0 amide bonds. The predicted octanol–water partition coefficient (Wildman–Crippen LogP) is 2.92. The zero-order valence-corrected chi connectivity index (χ0v) is 11.8. The van der Waals surface area contributed by atoms with Crippen molar-refractivity contribution in [3.05, 3.63) is 66.4 Å². The smallest absolute Gasteiger partial charge is 0.132 e. The quantitative estimate of drug-likeness (QED) is 0.697. The molecule has 0 atom stereocenters. The molecule has 0 N–H and O–H groups in total. The maximum Gasteiger partial charge on any atom is 0.132 e. The first kappa shape index (κ1) is 14.0. The Labute approximate surface area is 127 Å². The van der Waals surface area contributed by atoms with Gasteiger partial charge in [0.05, 0.1) is 12.7 Å². The fraction of sp³-hybridized carbons (Fsp3) is 0.118. The number of hydrogen-bond donors (Lipinski definition) is 0. The van der Waals surface area contributed by atoms with Crippen LogP contribution in [0.15, 0.2) is 55.0 Å². The summed E-state index contributed by atoms with van der Waals surface area (Å²) in [6.45, 7) is 0.611. The second-order valence-electron chi connectivity index (χ2n) is 4.63. The van der Waals surface area contributed by atoms with Gasteiger partial charge in [0, 0.05) is 29.9 Å². The van der Waals surface area contributed by atoms with Crippen molar-refractivity contribution >= 4 is 0 Å². The standard InChI is InChI=1S/C17H13FN4/c18-16-7-2-1-6-15(16)17-13-22(21-20-17)12-4-3-5-14-8-10-19-11-9-14/h1-2,6-11,13H,4,12H2. The molecule has 2 aromatic heterocycles. The highest BCUT2D eigenvalue weighted by molar-refractivity contribution is 5.58. The van der Waals surface area contributed by atoms with E-state index in [-0.39, 0.29) is 5.82 Å². The number of aromatic nitrogens is 4. The molecule has 0 saturated heterocycles. The van der Waals surface area contributed by atoms with Gasteiger partial charge >= 0.3 is 0 Å². The topological polar surface area (TPSA) is 43.6 Å². The molecule has 1 aromatic carbocycles. The highest BCUT2D eigenvalue weighted by Gasteiger charge is 2.07. The van der Waals surface area contributed by atoms with Crippen LogP contribution in [0.25, 0.3) is 11.3 Å². The zero-order chi connectivity index (χ0) is 15.2. The number of halogens is 1. The first-order valence-corrected chi connectivity index (χ1v) is 6.87. The number of pyridine rings is 1. The van der Waals surface area contributed by atoms with Crippen molar-refractivity contribution in [3.63, 3.8) is 0 Å². The second kappa shape index (κ2) is 6.64. The maximum absolute atomic E-state index is 13.7. The van der Waals surface area contributed by atoms with Crippen LogP contribution in [0.1, 0.15) is 12.0 Å². The molecule has 4 nitrogen and oxygen atoms in total. The summed E-state index contributed by atoms with van der Waals surface area (Å²) in [5, 5.41) is 8.00. The molecule has 22 heavy (non-hydrogen) atoms. The fourth-order valence-corrected chi connectivity index (χ4v) is 1.97. The van der Waals surface area contributed by atoms with E-state index in [1.54, 1.807) is 41.5 Å². The summed E-state index contributed by atoms with van der Waals surface area (Å²) < 4.78 is 15.3. The van der Waals surface area contributed by atoms with E-state index < -0.39 is 0 Å². The van der Waals surface area contributed by atoms with Gasteiger partial charge in [0.25, 0.3) is 0 Å². The predicted molar refractivity (Wildman–Crippen MR) is 81.1 cm³/mol. The second-order valence-corrected chi connectivity index (χ2v) is 4.63. The van der Waals surface area contributed by atoms with Gasteiger partial charge in [-0.3, -0.25) is 9.67 Å². The number of aryl methyl sites for hydroxylation is 1. The van der Waals surface area contributed by atoms with Crippen LogP contribution in [0.5, 0.6) is 0 Å². The summed E-state index contributed by atoms with van der Waals surface area (Å²) in [6.07, 6.45) is 5.79. The fourth-order valence-electron chi connectivity index (χ4n) is 1.97. The number of hydrogen-bond acceptors (Lipinski definition) is 3. The molecule has 108 valence electrons. The van der Waals surface area contributed by atoms with Gasteiger partial charge < -0.3 is 0 Å². The van der Waals surface area contributed by atoms with Crippen molar-refractivity contribution in [3.8, 4) is 23.1 Å². The van der Waals surface area contributed by atoms with Gasteiger partial charge in [-0.25, -0.2) is 4.39 Å². The van der Waals surface area contributed by atoms with Crippen molar-refractivity contribution in [1.29, 1.82) is 0 Å². The lowest BCUT2D eigenvalue weighted by molar-refractivity contribution is 0.601. The van der Waals surface area contributed by atoms with E-state index in [4.69, 9.17) is 0 Å². The molecular formula is C17H13FN4. The highest BCUT2D eigenvalue weighted by Crippen LogP contribution is 2.19. The summed E-state index contributed by atoms with van der Waals surface area (Å²) in [4.78, 5) is 3.94. The molecule has 0 bridgehead atoms. The van der Waals surface area contributed by atoms with E-state index in [0.717, 1.165) is 5.56 Å². The van der Waals surface area contributed by atoms with Crippen molar-refractivity contribution in [2.75, 3.05) is 0 Å². The maximum atomic E-state index is 13.7. The van der Waals surface area contributed by atoms with E-state index in [2.05, 4.69) is 27.1 Å². The Morgan fingerprint density at radius 2 is 1.91 bits per heavy atom. The van der Waals surface area contributed by atoms with Crippen molar-refractivity contribution in [2.24, 2.45) is 0 Å². The van der Waals surface area contributed by atoms with E-state index in [1.165, 1.54) is 6.07 Å². The third-order valence-corrected chi connectivity index (χ3v) is 3.07. The Hall–Kier alpha value is -3.00. The van der Waals surface area contributed by atoms with Gasteiger partial charge in [0.15, 0.2) is 0 Å². The van der Waals surface area contributed by atoms with E-state index in [1.807, 2.05) is 12.1 Å². The Kier molecular flexibility index (Phi) is 4.21. The molecule has 0 fully saturated rings. The summed E-state index contributed by atoms with van der Waals surface area (Å²) in [5.74, 6) is 5.82. The lowest BCUT2D eigenvalue weighted by Crippen LogP contribution is -1.97. The van der Waals surface area contributed by atoms with Crippen molar-refractivity contribution < 1.29 is 4.39 Å². The summed E-state index contributed by atoms with van der Waals surface area (Å²) in [5.41, 5.74) is 1.91. The summed E-state index contributed by atoms with van der Waals surface area (Å²) >= 11 is 0. The van der Waals surface area contributed by atoms with Crippen molar-refractivity contribution in [2.45, 2.75) is 13.0 Å². The van der Waals surface area contributed by atoms with Crippen LogP contribution in [-0.4, -0.2) is 20.0 Å². The minimum Gasteiger partial charge on any atom is -0.265 e. The summed E-state index contributed by atoms with van der Waals surface area (Å²) in [7, 11) is 0. The normalized spacial score (nSPS) is 10.0. The molecule has 2 heterocycles. The number of benzene rings is 1. The molecule has 3 rings (SSSR count). The molecule has 0 spiro atoms. The molecule has 5 heteroatoms. The van der Waals surface area contributed by atoms with E-state index >= 15 is 0 Å². The van der Waals surface area contributed by atoms with Gasteiger partial charge in [0.1, 0.15) is 11.5 Å². The average Bonchev–Trinajstić information content (AvgIpc) is 3.02. The Morgan fingerprint density at radius 3 is 2.73 bits per heavy atom. The zero-order valence-electron chi connectivity index (χ0n) is 11.8. The highest BCUT2D eigenvalue weighted by atomic mass is 19.1. The third-order valence-electron chi connectivity index (χ3n) is 3.07. The lowest BCUT2D eigenvalue weighted by atomic mass is 10.1. The molecular weight excluding hydrogens is 279 g/mol. The van der Waals surface area contributed by atoms with Crippen LogP contribution >= 0.6 is 0 Å². The molecule has 0 aliphatic rings. The lowest BCUT2D eigenvalue weighted by Gasteiger charge is -1.96. The average molecular weight is 292 g/mol. The minimum atomic E-state index is -0.299. The molecule has 3 aromatic rings. The van der Waals surface area contributed by atoms with Crippen LogP contribution in [0.3, 0.4) is 0 Å². The van der Waals surface area contributed by atoms with Gasteiger partial charge in [-0.2, -0.15) is 0 Å². The summed E-state index contributed by atoms with van der Waals surface area (Å²) in [6, 6.07) is 10.2. The molecule has 0 radical (unpaired) electrons. The molecule has 0 aliphatic heterocycles. The van der Waals surface area contributed by atoms with Crippen LogP contribution in [-0.2, 0) is 6.54 Å². The van der Waals surface area contributed by atoms with E-state index in [0.29, 0.717) is 24.2 Å². The van der Waals surface area contributed by atoms with Gasteiger partial charge in [-0.1, -0.05) is 29.2 Å². The van der Waals surface area contributed by atoms with Crippen LogP contribution in [0.2, 0.25) is 0 Å². The third kappa shape index (κ3) is 3.36. The Morgan fingerprint density at radius 1 is 1.09 bits per heavy atom.